The first kappa shape index (κ1) is 23.1. The number of benzene rings is 2. The van der Waals surface area contributed by atoms with Crippen LogP contribution in [0.1, 0.15) is 18.5 Å². The number of likely N-dealkylation sites (tertiary alicyclic amines) is 1. The third-order valence-corrected chi connectivity index (χ3v) is 6.57. The summed E-state index contributed by atoms with van der Waals surface area (Å²) in [5, 5.41) is 10.2. The van der Waals surface area contributed by atoms with E-state index in [0.29, 0.717) is 29.9 Å². The van der Waals surface area contributed by atoms with E-state index in [2.05, 4.69) is 16.8 Å². The van der Waals surface area contributed by atoms with Gasteiger partial charge in [0.25, 0.3) is 5.91 Å². The van der Waals surface area contributed by atoms with Gasteiger partial charge in [-0.2, -0.15) is 0 Å². The number of amides is 3. The van der Waals surface area contributed by atoms with Crippen molar-refractivity contribution in [2.75, 3.05) is 11.4 Å². The van der Waals surface area contributed by atoms with E-state index >= 15 is 0 Å². The Balaban J connectivity index is 1.46. The number of rotatable bonds is 3. The largest absolute Gasteiger partial charge is 0.480 e. The van der Waals surface area contributed by atoms with Gasteiger partial charge in [-0.3, -0.25) is 9.69 Å². The van der Waals surface area contributed by atoms with Gasteiger partial charge in [-0.05, 0) is 55.2 Å². The highest BCUT2D eigenvalue weighted by atomic mass is 16.4. The highest BCUT2D eigenvalue weighted by molar-refractivity contribution is 6.02. The van der Waals surface area contributed by atoms with E-state index < -0.39 is 30.0 Å². The maximum Gasteiger partial charge on any atom is 0.329 e. The Kier molecular flexibility index (Phi) is 6.37. The van der Waals surface area contributed by atoms with E-state index in [1.165, 1.54) is 9.80 Å². The van der Waals surface area contributed by atoms with E-state index in [0.717, 1.165) is 0 Å². The number of carbonyl (C=O) groups excluding carboxylic acids is 2. The van der Waals surface area contributed by atoms with Gasteiger partial charge >= 0.3 is 12.0 Å². The Bertz CT molecular complexity index is 1280. The van der Waals surface area contributed by atoms with Crippen molar-refractivity contribution in [1.29, 1.82) is 0 Å². The molecule has 2 aliphatic rings. The molecule has 36 heavy (non-hydrogen) atoms. The second-order valence-corrected chi connectivity index (χ2v) is 8.70. The molecule has 8 heteroatoms. The van der Waals surface area contributed by atoms with Gasteiger partial charge in [0.15, 0.2) is 6.04 Å². The minimum Gasteiger partial charge on any atom is -0.480 e. The highest BCUT2D eigenvalue weighted by Gasteiger charge is 2.53. The summed E-state index contributed by atoms with van der Waals surface area (Å²) >= 11 is 0. The van der Waals surface area contributed by atoms with Crippen LogP contribution in [0, 0.1) is 11.8 Å². The molecule has 1 aromatic heterocycles. The molecule has 2 bridgehead atoms. The van der Waals surface area contributed by atoms with Crippen LogP contribution in [0.15, 0.2) is 85.1 Å². The number of aromatic nitrogens is 1. The Morgan fingerprint density at radius 2 is 1.53 bits per heavy atom. The molecule has 2 aliphatic heterocycles. The van der Waals surface area contributed by atoms with E-state index in [9.17, 15) is 19.5 Å². The first-order chi connectivity index (χ1) is 17.5. The average Bonchev–Trinajstić information content (AvgIpc) is 3.21. The number of nitrogens with zero attached hydrogens (tertiary/aromatic N) is 4. The van der Waals surface area contributed by atoms with E-state index in [4.69, 9.17) is 0 Å². The molecule has 8 nitrogen and oxygen atoms in total. The van der Waals surface area contributed by atoms with E-state index in [-0.39, 0.29) is 12.6 Å². The monoisotopic (exact) mass is 480 g/mol. The number of hydrogen-bond donors (Lipinski definition) is 1. The maximum absolute atomic E-state index is 14.0. The Morgan fingerprint density at radius 1 is 0.889 bits per heavy atom. The molecule has 2 fully saturated rings. The van der Waals surface area contributed by atoms with Crippen molar-refractivity contribution in [3.63, 3.8) is 0 Å². The second-order valence-electron chi connectivity index (χ2n) is 8.70. The first-order valence-corrected chi connectivity index (χ1v) is 11.7. The number of fused-ring (bicyclic) bond motifs is 2. The normalized spacial score (nSPS) is 20.3. The minimum atomic E-state index is -1.19. The third kappa shape index (κ3) is 4.39. The molecule has 2 saturated heterocycles. The topological polar surface area (TPSA) is 94.0 Å². The van der Waals surface area contributed by atoms with E-state index in [1.807, 2.05) is 60.7 Å². The van der Waals surface area contributed by atoms with Gasteiger partial charge in [-0.15, -0.1) is 0 Å². The zero-order chi connectivity index (χ0) is 25.1. The molecule has 3 heterocycles. The lowest BCUT2D eigenvalue weighted by molar-refractivity contribution is -0.149. The van der Waals surface area contributed by atoms with Gasteiger partial charge in [0.05, 0.1) is 23.5 Å². The molecule has 5 rings (SSSR count). The second kappa shape index (κ2) is 9.92. The van der Waals surface area contributed by atoms with Crippen molar-refractivity contribution in [3.05, 3.63) is 90.8 Å². The van der Waals surface area contributed by atoms with E-state index in [1.54, 1.807) is 29.3 Å². The predicted octanol–water partition coefficient (Wildman–Crippen LogP) is 3.52. The number of piperazine rings is 1. The summed E-state index contributed by atoms with van der Waals surface area (Å²) in [5.41, 5.74) is 1.72. The Morgan fingerprint density at radius 3 is 2.11 bits per heavy atom. The average molecular weight is 481 g/mol. The fourth-order valence-electron chi connectivity index (χ4n) is 5.03. The molecule has 1 N–H and O–H groups in total. The minimum absolute atomic E-state index is 0.111. The van der Waals surface area contributed by atoms with Gasteiger partial charge in [0.1, 0.15) is 5.69 Å². The van der Waals surface area contributed by atoms with Gasteiger partial charge in [0.2, 0.25) is 0 Å². The van der Waals surface area contributed by atoms with Crippen LogP contribution in [0.5, 0.6) is 0 Å². The SMILES string of the molecule is O=C(O)[C@@H]1[C@H]2CC[C@@H](CN1C(=O)N(c1ccccc1)c1ccccc1)N2C(=O)C#Cc1ccccn1. The van der Waals surface area contributed by atoms with Crippen molar-refractivity contribution in [1.82, 2.24) is 14.8 Å². The van der Waals surface area contributed by atoms with Crippen molar-refractivity contribution < 1.29 is 19.5 Å². The number of hydrogen-bond acceptors (Lipinski definition) is 4. The lowest BCUT2D eigenvalue weighted by Crippen LogP contribution is -2.66. The van der Waals surface area contributed by atoms with Crippen LogP contribution in [0.4, 0.5) is 16.2 Å². The molecule has 0 spiro atoms. The van der Waals surface area contributed by atoms with Gasteiger partial charge in [-0.1, -0.05) is 42.5 Å². The first-order valence-electron chi connectivity index (χ1n) is 11.7. The number of aliphatic carboxylic acids is 1. The quantitative estimate of drug-likeness (QED) is 0.579. The molecule has 0 radical (unpaired) electrons. The summed E-state index contributed by atoms with van der Waals surface area (Å²) in [6, 6.07) is 20.9. The number of carboxylic acid groups (broad SMARTS) is 1. The summed E-state index contributed by atoms with van der Waals surface area (Å²) in [4.78, 5) is 48.1. The summed E-state index contributed by atoms with van der Waals surface area (Å²) in [6.45, 7) is 0.111. The zero-order valence-corrected chi connectivity index (χ0v) is 19.4. The Labute approximate surface area is 208 Å². The standard InChI is InChI=1S/C28H24N4O4/c33-25(17-14-20-9-7-8-18-29-20)32-23-15-16-24(32)26(27(34)35)30(19-23)28(36)31(21-10-3-1-4-11-21)22-12-5-2-6-13-22/h1-13,18,23-24,26H,15-16,19H2,(H,34,35)/t23-,24+,26-/m0/s1. The van der Waals surface area contributed by atoms with Crippen LogP contribution < -0.4 is 4.90 Å². The third-order valence-electron chi connectivity index (χ3n) is 6.57. The molecular formula is C28H24N4O4. The molecule has 2 aromatic carbocycles. The summed E-state index contributed by atoms with van der Waals surface area (Å²) in [7, 11) is 0. The van der Waals surface area contributed by atoms with Crippen LogP contribution in [0.25, 0.3) is 0 Å². The van der Waals surface area contributed by atoms with Crippen LogP contribution in [0.3, 0.4) is 0 Å². The van der Waals surface area contributed by atoms with Crippen molar-refractivity contribution >= 4 is 29.3 Å². The van der Waals surface area contributed by atoms with Crippen LogP contribution in [0.2, 0.25) is 0 Å². The fourth-order valence-corrected chi connectivity index (χ4v) is 5.03. The number of para-hydroxylation sites is 2. The fraction of sp³-hybridized carbons (Fsp3) is 0.214. The Hall–Kier alpha value is -4.64. The molecule has 180 valence electrons. The summed E-state index contributed by atoms with van der Waals surface area (Å²) in [6.07, 6.45) is 2.68. The molecule has 0 aliphatic carbocycles. The molecule has 3 atom stereocenters. The van der Waals surface area contributed by atoms with Crippen molar-refractivity contribution in [2.24, 2.45) is 0 Å². The van der Waals surface area contributed by atoms with Crippen LogP contribution in [-0.2, 0) is 9.59 Å². The van der Waals surface area contributed by atoms with Crippen LogP contribution in [-0.4, -0.2) is 62.5 Å². The van der Waals surface area contributed by atoms with Gasteiger partial charge < -0.3 is 14.9 Å². The number of anilines is 2. The zero-order valence-electron chi connectivity index (χ0n) is 19.4. The highest BCUT2D eigenvalue weighted by Crippen LogP contribution is 2.37. The van der Waals surface area contributed by atoms with Crippen LogP contribution >= 0.6 is 0 Å². The van der Waals surface area contributed by atoms with Crippen molar-refractivity contribution in [3.8, 4) is 11.8 Å². The van der Waals surface area contributed by atoms with Gasteiger partial charge in [-0.25, -0.2) is 14.6 Å². The molecule has 3 amide bonds. The van der Waals surface area contributed by atoms with Gasteiger partial charge in [0, 0.05) is 18.7 Å². The molecular weight excluding hydrogens is 456 g/mol. The summed E-state index contributed by atoms with van der Waals surface area (Å²) < 4.78 is 0. The molecule has 3 aromatic rings. The number of carbonyl (C=O) groups is 3. The lowest BCUT2D eigenvalue weighted by Gasteiger charge is -2.45. The smallest absolute Gasteiger partial charge is 0.329 e. The van der Waals surface area contributed by atoms with Crippen molar-refractivity contribution in [2.45, 2.75) is 31.0 Å². The predicted molar refractivity (Wildman–Crippen MR) is 133 cm³/mol. The number of carboxylic acids is 1. The maximum atomic E-state index is 14.0. The number of urea groups is 1. The summed E-state index contributed by atoms with van der Waals surface area (Å²) in [5.74, 6) is 3.78. The number of pyridine rings is 1. The molecule has 0 unspecified atom stereocenters. The molecule has 0 saturated carbocycles. The lowest BCUT2D eigenvalue weighted by atomic mass is 10.0.